The lowest BCUT2D eigenvalue weighted by Gasteiger charge is -2.28. The standard InChI is InChI=1S/C14H21BrN2O3S/c1-10(11-3-4-11)17(7-8-20-2)21(18,19)14-9-12(16)5-6-13(14)15/h5-6,9-11H,3-4,7-8,16H2,1-2H3. The van der Waals surface area contributed by atoms with Gasteiger partial charge in [-0.25, -0.2) is 8.42 Å². The largest absolute Gasteiger partial charge is 0.399 e. The number of ether oxygens (including phenoxy) is 1. The summed E-state index contributed by atoms with van der Waals surface area (Å²) in [5, 5.41) is 0. The van der Waals surface area contributed by atoms with E-state index in [0.717, 1.165) is 12.8 Å². The summed E-state index contributed by atoms with van der Waals surface area (Å²) < 4.78 is 33.1. The number of hydrogen-bond acceptors (Lipinski definition) is 4. The third kappa shape index (κ3) is 3.77. The van der Waals surface area contributed by atoms with Crippen LogP contribution >= 0.6 is 15.9 Å². The van der Waals surface area contributed by atoms with Crippen LogP contribution in [0.15, 0.2) is 27.6 Å². The van der Waals surface area contributed by atoms with Crippen molar-refractivity contribution in [2.24, 2.45) is 5.92 Å². The molecule has 0 saturated heterocycles. The van der Waals surface area contributed by atoms with Crippen molar-refractivity contribution in [1.29, 1.82) is 0 Å². The lowest BCUT2D eigenvalue weighted by Crippen LogP contribution is -2.42. The Bertz CT molecular complexity index is 602. The first-order chi connectivity index (χ1) is 9.87. The Kier molecular flexibility index (Phi) is 5.29. The van der Waals surface area contributed by atoms with Crippen LogP contribution in [0.2, 0.25) is 0 Å². The zero-order chi connectivity index (χ0) is 15.6. The second-order valence-electron chi connectivity index (χ2n) is 5.38. The molecule has 0 amide bonds. The van der Waals surface area contributed by atoms with E-state index in [2.05, 4.69) is 15.9 Å². The second kappa shape index (κ2) is 6.64. The van der Waals surface area contributed by atoms with Gasteiger partial charge in [0.1, 0.15) is 0 Å². The van der Waals surface area contributed by atoms with Gasteiger partial charge in [-0.05, 0) is 59.8 Å². The molecule has 2 rings (SSSR count). The van der Waals surface area contributed by atoms with Crippen LogP contribution in [0.5, 0.6) is 0 Å². The van der Waals surface area contributed by atoms with Gasteiger partial charge in [0, 0.05) is 29.9 Å². The third-order valence-electron chi connectivity index (χ3n) is 3.82. The Balaban J connectivity index is 2.38. The fraction of sp³-hybridized carbons (Fsp3) is 0.571. The van der Waals surface area contributed by atoms with E-state index in [1.54, 1.807) is 19.2 Å². The Morgan fingerprint density at radius 2 is 2.14 bits per heavy atom. The SMILES string of the molecule is COCCN(C(C)C1CC1)S(=O)(=O)c1cc(N)ccc1Br. The number of nitrogens with two attached hydrogens (primary N) is 1. The van der Waals surface area contributed by atoms with E-state index in [-0.39, 0.29) is 10.9 Å². The molecule has 1 saturated carbocycles. The molecule has 5 nitrogen and oxygen atoms in total. The van der Waals surface area contributed by atoms with Gasteiger partial charge >= 0.3 is 0 Å². The van der Waals surface area contributed by atoms with Crippen molar-refractivity contribution in [1.82, 2.24) is 4.31 Å². The van der Waals surface area contributed by atoms with E-state index in [4.69, 9.17) is 10.5 Å². The number of nitrogen functional groups attached to an aromatic ring is 1. The molecule has 2 N–H and O–H groups in total. The minimum Gasteiger partial charge on any atom is -0.399 e. The molecule has 0 heterocycles. The summed E-state index contributed by atoms with van der Waals surface area (Å²) in [5.41, 5.74) is 6.18. The molecular formula is C14H21BrN2O3S. The monoisotopic (exact) mass is 376 g/mol. The first-order valence-electron chi connectivity index (χ1n) is 6.93. The van der Waals surface area contributed by atoms with Crippen molar-refractivity contribution in [3.63, 3.8) is 0 Å². The highest BCUT2D eigenvalue weighted by molar-refractivity contribution is 9.10. The van der Waals surface area contributed by atoms with Crippen LogP contribution < -0.4 is 5.73 Å². The van der Waals surface area contributed by atoms with E-state index < -0.39 is 10.0 Å². The summed E-state index contributed by atoms with van der Waals surface area (Å²) in [6.45, 7) is 2.68. The van der Waals surface area contributed by atoms with Gasteiger partial charge in [0.25, 0.3) is 0 Å². The average Bonchev–Trinajstić information content (AvgIpc) is 3.25. The van der Waals surface area contributed by atoms with E-state index in [9.17, 15) is 8.42 Å². The van der Waals surface area contributed by atoms with Crippen molar-refractivity contribution in [3.05, 3.63) is 22.7 Å². The normalized spacial score (nSPS) is 17.1. The molecule has 0 radical (unpaired) electrons. The topological polar surface area (TPSA) is 72.6 Å². The molecule has 0 aromatic heterocycles. The highest BCUT2D eigenvalue weighted by Gasteiger charge is 2.38. The molecule has 1 fully saturated rings. The zero-order valence-corrected chi connectivity index (χ0v) is 14.7. The molecule has 7 heteroatoms. The van der Waals surface area contributed by atoms with Crippen LogP contribution in [-0.2, 0) is 14.8 Å². The van der Waals surface area contributed by atoms with Crippen LogP contribution in [0.1, 0.15) is 19.8 Å². The second-order valence-corrected chi connectivity index (χ2v) is 8.09. The number of nitrogens with zero attached hydrogens (tertiary/aromatic N) is 1. The predicted octanol–water partition coefficient (Wildman–Crippen LogP) is 2.47. The highest BCUT2D eigenvalue weighted by Crippen LogP contribution is 2.38. The molecule has 0 aliphatic heterocycles. The third-order valence-corrected chi connectivity index (χ3v) is 6.80. The summed E-state index contributed by atoms with van der Waals surface area (Å²) in [4.78, 5) is 0.214. The molecule has 118 valence electrons. The van der Waals surface area contributed by atoms with Crippen LogP contribution in [0.3, 0.4) is 0 Å². The maximum Gasteiger partial charge on any atom is 0.244 e. The number of hydrogen-bond donors (Lipinski definition) is 1. The fourth-order valence-corrected chi connectivity index (χ4v) is 5.02. The van der Waals surface area contributed by atoms with Crippen LogP contribution in [0.4, 0.5) is 5.69 Å². The number of halogens is 1. The average molecular weight is 377 g/mol. The van der Waals surface area contributed by atoms with Crippen LogP contribution in [-0.4, -0.2) is 39.0 Å². The Labute approximate surface area is 134 Å². The molecule has 1 aliphatic carbocycles. The van der Waals surface area contributed by atoms with E-state index in [1.165, 1.54) is 10.4 Å². The molecule has 1 aromatic carbocycles. The lowest BCUT2D eigenvalue weighted by molar-refractivity contribution is 0.164. The minimum absolute atomic E-state index is 0.0292. The first-order valence-corrected chi connectivity index (χ1v) is 9.17. The number of sulfonamides is 1. The molecule has 1 atom stereocenters. The van der Waals surface area contributed by atoms with Crippen molar-refractivity contribution < 1.29 is 13.2 Å². The molecule has 1 aromatic rings. The number of anilines is 1. The Hall–Kier alpha value is -0.630. The molecular weight excluding hydrogens is 356 g/mol. The Morgan fingerprint density at radius 3 is 2.71 bits per heavy atom. The zero-order valence-electron chi connectivity index (χ0n) is 12.3. The summed E-state index contributed by atoms with van der Waals surface area (Å²) in [6.07, 6.45) is 2.16. The smallest absolute Gasteiger partial charge is 0.244 e. The van der Waals surface area contributed by atoms with Gasteiger partial charge in [-0.15, -0.1) is 0 Å². The van der Waals surface area contributed by atoms with Crippen molar-refractivity contribution >= 4 is 31.6 Å². The van der Waals surface area contributed by atoms with Gasteiger partial charge in [-0.1, -0.05) is 0 Å². The molecule has 1 unspecified atom stereocenters. The van der Waals surface area contributed by atoms with Gasteiger partial charge in [-0.2, -0.15) is 4.31 Å². The quantitative estimate of drug-likeness (QED) is 0.741. The maximum atomic E-state index is 13.0. The molecule has 0 bridgehead atoms. The summed E-state index contributed by atoms with van der Waals surface area (Å²) in [6, 6.07) is 4.81. The van der Waals surface area contributed by atoms with Crippen LogP contribution in [0, 0.1) is 5.92 Å². The van der Waals surface area contributed by atoms with Gasteiger partial charge in [0.05, 0.1) is 11.5 Å². The summed E-state index contributed by atoms with van der Waals surface area (Å²) in [5.74, 6) is 0.441. The predicted molar refractivity (Wildman–Crippen MR) is 86.5 cm³/mol. The summed E-state index contributed by atoms with van der Waals surface area (Å²) >= 11 is 3.31. The highest BCUT2D eigenvalue weighted by atomic mass is 79.9. The van der Waals surface area contributed by atoms with E-state index >= 15 is 0 Å². The van der Waals surface area contributed by atoms with E-state index in [0.29, 0.717) is 29.2 Å². The lowest BCUT2D eigenvalue weighted by atomic mass is 10.2. The van der Waals surface area contributed by atoms with Gasteiger partial charge < -0.3 is 10.5 Å². The van der Waals surface area contributed by atoms with Crippen molar-refractivity contribution in [2.75, 3.05) is 26.0 Å². The fourth-order valence-electron chi connectivity index (χ4n) is 2.38. The van der Waals surface area contributed by atoms with Crippen molar-refractivity contribution in [2.45, 2.75) is 30.7 Å². The Morgan fingerprint density at radius 1 is 1.48 bits per heavy atom. The molecule has 0 spiro atoms. The number of methoxy groups -OCH3 is 1. The van der Waals surface area contributed by atoms with Gasteiger partial charge in [-0.3, -0.25) is 0 Å². The first kappa shape index (κ1) is 16.7. The maximum absolute atomic E-state index is 13.0. The van der Waals surface area contributed by atoms with E-state index in [1.807, 2.05) is 6.92 Å². The van der Waals surface area contributed by atoms with Crippen LogP contribution in [0.25, 0.3) is 0 Å². The number of rotatable bonds is 7. The summed E-state index contributed by atoms with van der Waals surface area (Å²) in [7, 11) is -2.03. The number of benzene rings is 1. The van der Waals surface area contributed by atoms with Crippen molar-refractivity contribution in [3.8, 4) is 0 Å². The van der Waals surface area contributed by atoms with Gasteiger partial charge in [0.15, 0.2) is 0 Å². The minimum atomic E-state index is -3.60. The molecule has 21 heavy (non-hydrogen) atoms. The molecule has 1 aliphatic rings. The van der Waals surface area contributed by atoms with Gasteiger partial charge in [0.2, 0.25) is 10.0 Å².